The molecule has 0 saturated heterocycles. The third-order valence-electron chi connectivity index (χ3n) is 11.8. The van der Waals surface area contributed by atoms with Crippen LogP contribution in [0.2, 0.25) is 0 Å². The first kappa shape index (κ1) is 63.0. The molecule has 0 aromatic carbocycles. The number of carbonyl (C=O) groups is 2. The fraction of sp³-hybridized carbons (Fsp3) is 0.818. The van der Waals surface area contributed by atoms with Crippen molar-refractivity contribution in [3.63, 3.8) is 0 Å². The third-order valence-corrected chi connectivity index (χ3v) is 12.7. The summed E-state index contributed by atoms with van der Waals surface area (Å²) in [5.74, 6) is -0.588. The number of hydrogen-bond donors (Lipinski definition) is 2. The largest absolute Gasteiger partial charge is 0.472 e. The molecule has 2 N–H and O–H groups in total. The van der Waals surface area contributed by atoms with E-state index < -0.39 is 20.0 Å². The minimum atomic E-state index is -4.45. The van der Waals surface area contributed by atoms with Crippen LogP contribution in [0.4, 0.5) is 0 Å². The Morgan fingerprint density at radius 2 is 0.954 bits per heavy atom. The van der Waals surface area contributed by atoms with E-state index in [0.717, 1.165) is 64.2 Å². The summed E-state index contributed by atoms with van der Waals surface area (Å²) in [6, 6.07) is -0.877. The first-order chi connectivity index (χ1) is 31.4. The van der Waals surface area contributed by atoms with Gasteiger partial charge in [0.2, 0.25) is 5.91 Å². The predicted octanol–water partition coefficient (Wildman–Crippen LogP) is 15.8. The summed E-state index contributed by atoms with van der Waals surface area (Å²) < 4.78 is 30.5. The Morgan fingerprint density at radius 3 is 1.45 bits per heavy atom. The number of nitrogens with one attached hydrogen (secondary N) is 1. The first-order valence-electron chi connectivity index (χ1n) is 27.0. The van der Waals surface area contributed by atoms with Crippen LogP contribution in [-0.2, 0) is 27.9 Å². The molecular formula is C55H104N2O7P+. The summed E-state index contributed by atoms with van der Waals surface area (Å²) in [6.45, 7) is 6.93. The van der Waals surface area contributed by atoms with Gasteiger partial charge < -0.3 is 19.4 Å². The molecule has 380 valence electrons. The number of amides is 1. The van der Waals surface area contributed by atoms with Crippen LogP contribution in [0.3, 0.4) is 0 Å². The standard InChI is InChI=1S/C55H103N2O7P/c1-7-10-13-16-19-22-25-27-28-30-33-36-39-42-45-48-55(59)64-53(46-43-40-37-34-31-24-21-18-15-12-9-3)52(51-63-65(60,61)62-50-49-57(4,5)6)56-54(58)47-44-41-38-35-32-29-26-23-20-17-14-11-8-2/h22,25,29,32,38,41,43,46,52-53H,7-21,23-24,26-28,30-31,33-37,39-40,42,44-45,47-51H2,1-6H3,(H-,56,58,60,61)/p+1/b25-22-,32-29-,41-38+,46-43+. The molecule has 0 radical (unpaired) electrons. The minimum Gasteiger partial charge on any atom is -0.456 e. The van der Waals surface area contributed by atoms with Crippen molar-refractivity contribution in [2.75, 3.05) is 40.9 Å². The van der Waals surface area contributed by atoms with Gasteiger partial charge in [0.15, 0.2) is 0 Å². The van der Waals surface area contributed by atoms with E-state index in [0.29, 0.717) is 17.4 Å². The number of rotatable bonds is 48. The Kier molecular flexibility index (Phi) is 44.3. The van der Waals surface area contributed by atoms with Gasteiger partial charge in [-0.2, -0.15) is 0 Å². The van der Waals surface area contributed by atoms with Crippen molar-refractivity contribution < 1.29 is 37.3 Å². The molecule has 0 aromatic heterocycles. The smallest absolute Gasteiger partial charge is 0.456 e. The lowest BCUT2D eigenvalue weighted by Gasteiger charge is -2.27. The number of carbonyl (C=O) groups excluding carboxylic acids is 2. The maximum Gasteiger partial charge on any atom is 0.472 e. The second-order valence-electron chi connectivity index (χ2n) is 19.4. The van der Waals surface area contributed by atoms with Crippen LogP contribution in [0.15, 0.2) is 48.6 Å². The summed E-state index contributed by atoms with van der Waals surface area (Å²) in [5, 5.41) is 3.00. The van der Waals surface area contributed by atoms with Gasteiger partial charge in [-0.3, -0.25) is 18.6 Å². The number of hydrogen-bond acceptors (Lipinski definition) is 6. The van der Waals surface area contributed by atoms with E-state index in [1.165, 1.54) is 135 Å². The number of likely N-dealkylation sites (N-methyl/N-ethyl adjacent to an activating group) is 1. The van der Waals surface area contributed by atoms with Gasteiger partial charge in [-0.05, 0) is 76.7 Å². The molecule has 65 heavy (non-hydrogen) atoms. The van der Waals surface area contributed by atoms with E-state index in [2.05, 4.69) is 56.5 Å². The van der Waals surface area contributed by atoms with Crippen LogP contribution < -0.4 is 5.32 Å². The first-order valence-corrected chi connectivity index (χ1v) is 28.5. The molecule has 0 aliphatic heterocycles. The lowest BCUT2D eigenvalue weighted by molar-refractivity contribution is -0.870. The molecule has 3 atom stereocenters. The lowest BCUT2D eigenvalue weighted by Crippen LogP contribution is -2.47. The topological polar surface area (TPSA) is 111 Å². The van der Waals surface area contributed by atoms with Crippen molar-refractivity contribution in [1.82, 2.24) is 5.32 Å². The fourth-order valence-corrected chi connectivity index (χ4v) is 8.25. The van der Waals surface area contributed by atoms with Crippen LogP contribution in [0.5, 0.6) is 0 Å². The van der Waals surface area contributed by atoms with E-state index >= 15 is 0 Å². The molecule has 0 saturated carbocycles. The Morgan fingerprint density at radius 1 is 0.538 bits per heavy atom. The summed E-state index contributed by atoms with van der Waals surface area (Å²) >= 11 is 0. The average Bonchev–Trinajstić information content (AvgIpc) is 3.26. The second kappa shape index (κ2) is 45.7. The number of phosphoric ester groups is 1. The van der Waals surface area contributed by atoms with Gasteiger partial charge in [0, 0.05) is 12.8 Å². The number of phosphoric acid groups is 1. The van der Waals surface area contributed by atoms with Crippen molar-refractivity contribution in [1.29, 1.82) is 0 Å². The van der Waals surface area contributed by atoms with E-state index in [9.17, 15) is 19.0 Å². The number of nitrogens with zero attached hydrogens (tertiary/aromatic N) is 1. The monoisotopic (exact) mass is 936 g/mol. The molecule has 0 fully saturated rings. The lowest BCUT2D eigenvalue weighted by atomic mass is 10.1. The molecule has 0 aromatic rings. The van der Waals surface area contributed by atoms with E-state index in [1.807, 2.05) is 39.4 Å². The van der Waals surface area contributed by atoms with Crippen molar-refractivity contribution in [2.24, 2.45) is 0 Å². The highest BCUT2D eigenvalue weighted by Gasteiger charge is 2.30. The maximum atomic E-state index is 13.4. The van der Waals surface area contributed by atoms with E-state index in [1.54, 1.807) is 0 Å². The highest BCUT2D eigenvalue weighted by molar-refractivity contribution is 7.47. The molecule has 3 unspecified atom stereocenters. The highest BCUT2D eigenvalue weighted by Crippen LogP contribution is 2.43. The molecule has 10 heteroatoms. The van der Waals surface area contributed by atoms with Gasteiger partial charge >= 0.3 is 13.8 Å². The van der Waals surface area contributed by atoms with Crippen LogP contribution in [0.1, 0.15) is 239 Å². The zero-order valence-corrected chi connectivity index (χ0v) is 44.1. The van der Waals surface area contributed by atoms with Crippen molar-refractivity contribution in [2.45, 2.75) is 251 Å². The van der Waals surface area contributed by atoms with Crippen molar-refractivity contribution in [3.8, 4) is 0 Å². The van der Waals surface area contributed by atoms with Gasteiger partial charge in [-0.15, -0.1) is 0 Å². The number of quaternary nitrogens is 1. The Hall–Kier alpha value is -2.03. The molecule has 0 aliphatic rings. The fourth-order valence-electron chi connectivity index (χ4n) is 7.51. The van der Waals surface area contributed by atoms with Crippen LogP contribution in [-0.4, -0.2) is 74.3 Å². The summed E-state index contributed by atoms with van der Waals surface area (Å²) in [7, 11) is 1.46. The summed E-state index contributed by atoms with van der Waals surface area (Å²) in [5.41, 5.74) is 0. The Balaban J connectivity index is 5.46. The third kappa shape index (κ3) is 46.9. The molecule has 0 heterocycles. The SMILES string of the molecule is CCCCCC/C=C\CCCCCCCCCC(=O)OC(/C=C/CCCCCCCCCCC)C(COP(=O)(O)OCC[N+](C)(C)C)NC(=O)CC/C=C/C/C=C\CCCCCCCC. The summed E-state index contributed by atoms with van der Waals surface area (Å²) in [4.78, 5) is 37.4. The predicted molar refractivity (Wildman–Crippen MR) is 277 cm³/mol. The zero-order chi connectivity index (χ0) is 48.0. The molecule has 9 nitrogen and oxygen atoms in total. The zero-order valence-electron chi connectivity index (χ0n) is 43.2. The van der Waals surface area contributed by atoms with E-state index in [4.69, 9.17) is 13.8 Å². The summed E-state index contributed by atoms with van der Waals surface area (Å²) in [6.07, 6.45) is 54.1. The molecule has 0 spiro atoms. The quantitative estimate of drug-likeness (QED) is 0.0205. The van der Waals surface area contributed by atoms with Crippen LogP contribution in [0, 0.1) is 0 Å². The normalized spacial score (nSPS) is 14.3. The average molecular weight is 936 g/mol. The number of esters is 1. The van der Waals surface area contributed by atoms with Gasteiger partial charge in [-0.1, -0.05) is 198 Å². The van der Waals surface area contributed by atoms with Gasteiger partial charge in [-0.25, -0.2) is 4.57 Å². The highest BCUT2D eigenvalue weighted by atomic mass is 31.2. The number of ether oxygens (including phenoxy) is 1. The van der Waals surface area contributed by atoms with Gasteiger partial charge in [0.25, 0.3) is 0 Å². The Bertz CT molecular complexity index is 1260. The van der Waals surface area contributed by atoms with Crippen LogP contribution in [0.25, 0.3) is 0 Å². The molecule has 1 amide bonds. The molecule has 0 rings (SSSR count). The van der Waals surface area contributed by atoms with Gasteiger partial charge in [0.1, 0.15) is 19.3 Å². The number of allylic oxidation sites excluding steroid dienone is 7. The van der Waals surface area contributed by atoms with Gasteiger partial charge in [0.05, 0.1) is 33.8 Å². The minimum absolute atomic E-state index is 0.0303. The van der Waals surface area contributed by atoms with Crippen molar-refractivity contribution in [3.05, 3.63) is 48.6 Å². The van der Waals surface area contributed by atoms with Crippen LogP contribution >= 0.6 is 7.82 Å². The molecular weight excluding hydrogens is 832 g/mol. The number of unbranched alkanes of at least 4 members (excludes halogenated alkanes) is 26. The second-order valence-corrected chi connectivity index (χ2v) is 20.8. The molecule has 0 aliphatic carbocycles. The van der Waals surface area contributed by atoms with Crippen molar-refractivity contribution >= 4 is 19.7 Å². The maximum absolute atomic E-state index is 13.4. The Labute approximate surface area is 401 Å². The molecule has 0 bridgehead atoms. The van der Waals surface area contributed by atoms with E-state index in [-0.39, 0.29) is 37.9 Å².